The first-order chi connectivity index (χ1) is 8.49. The topological polar surface area (TPSA) is 20.3 Å². The van der Waals surface area contributed by atoms with E-state index in [1.165, 1.54) is 0 Å². The molecular weight excluding hydrogens is 250 g/mol. The fourth-order valence-corrected chi connectivity index (χ4v) is 1.94. The number of amides is 1. The van der Waals surface area contributed by atoms with Crippen LogP contribution in [0.5, 0.6) is 0 Å². The number of rotatable bonds is 2. The quantitative estimate of drug-likeness (QED) is 0.590. The monoisotopic (exact) mass is 259 g/mol. The van der Waals surface area contributed by atoms with Crippen LogP contribution in [0.4, 0.5) is 23.2 Å². The second-order valence-electron chi connectivity index (χ2n) is 3.87. The molecule has 2 rings (SSSR count). The van der Waals surface area contributed by atoms with Crippen molar-refractivity contribution in [3.63, 3.8) is 0 Å². The van der Waals surface area contributed by atoms with Gasteiger partial charge in [-0.05, 0) is 6.42 Å². The van der Waals surface area contributed by atoms with Gasteiger partial charge in [-0.3, -0.25) is 4.79 Å². The lowest BCUT2D eigenvalue weighted by atomic mass is 10.1. The van der Waals surface area contributed by atoms with Crippen molar-refractivity contribution < 1.29 is 22.4 Å². The predicted octanol–water partition coefficient (Wildman–Crippen LogP) is 3.01. The van der Waals surface area contributed by atoms with Gasteiger partial charge in [-0.2, -0.15) is 0 Å². The molecule has 1 aliphatic rings. The van der Waals surface area contributed by atoms with E-state index < -0.39 is 40.4 Å². The molecule has 0 aliphatic carbocycles. The molecule has 2 nitrogen and oxygen atoms in total. The Kier molecular flexibility index (Phi) is 3.11. The minimum Gasteiger partial charge on any atom is -0.307 e. The number of anilines is 1. The summed E-state index contributed by atoms with van der Waals surface area (Å²) in [6.07, 6.45) is 1.18. The van der Waals surface area contributed by atoms with Crippen LogP contribution >= 0.6 is 0 Å². The number of hydrogen-bond acceptors (Lipinski definition) is 1. The molecule has 1 aromatic carbocycles. The zero-order chi connectivity index (χ0) is 13.4. The molecule has 0 atom stereocenters. The second kappa shape index (κ2) is 4.44. The van der Waals surface area contributed by atoms with Gasteiger partial charge in [0.1, 0.15) is 5.69 Å². The maximum absolute atomic E-state index is 13.7. The third-order valence-electron chi connectivity index (χ3n) is 2.82. The lowest BCUT2D eigenvalue weighted by molar-refractivity contribution is -0.117. The molecule has 0 bridgehead atoms. The summed E-state index contributed by atoms with van der Waals surface area (Å²) in [6, 6.07) is 0. The fraction of sp³-hybridized carbons (Fsp3) is 0.250. The van der Waals surface area contributed by atoms with E-state index in [0.29, 0.717) is 12.5 Å². The van der Waals surface area contributed by atoms with E-state index in [-0.39, 0.29) is 13.0 Å². The summed E-state index contributed by atoms with van der Waals surface area (Å²) in [6.45, 7) is 3.12. The Morgan fingerprint density at radius 3 is 2.00 bits per heavy atom. The summed E-state index contributed by atoms with van der Waals surface area (Å²) < 4.78 is 54.4. The summed E-state index contributed by atoms with van der Waals surface area (Å²) >= 11 is 0. The van der Waals surface area contributed by atoms with Crippen molar-refractivity contribution in [2.24, 2.45) is 0 Å². The summed E-state index contributed by atoms with van der Waals surface area (Å²) in [5.74, 6) is -6.78. The van der Waals surface area contributed by atoms with E-state index in [1.807, 2.05) is 0 Å². The highest BCUT2D eigenvalue weighted by atomic mass is 19.2. The van der Waals surface area contributed by atoms with Gasteiger partial charge >= 0.3 is 0 Å². The second-order valence-corrected chi connectivity index (χ2v) is 3.87. The van der Waals surface area contributed by atoms with Crippen molar-refractivity contribution >= 4 is 17.7 Å². The van der Waals surface area contributed by atoms with E-state index in [0.717, 1.165) is 4.90 Å². The van der Waals surface area contributed by atoms with Crippen LogP contribution in [-0.2, 0) is 4.79 Å². The van der Waals surface area contributed by atoms with Crippen LogP contribution in [0.25, 0.3) is 6.08 Å². The first-order valence-electron chi connectivity index (χ1n) is 5.27. The van der Waals surface area contributed by atoms with Crippen molar-refractivity contribution in [3.8, 4) is 0 Å². The Morgan fingerprint density at radius 2 is 1.61 bits per heavy atom. The van der Waals surface area contributed by atoms with E-state index in [2.05, 4.69) is 6.58 Å². The average molecular weight is 259 g/mol. The molecule has 1 amide bonds. The van der Waals surface area contributed by atoms with Gasteiger partial charge in [0.25, 0.3) is 0 Å². The maximum Gasteiger partial charge on any atom is 0.227 e. The van der Waals surface area contributed by atoms with Crippen molar-refractivity contribution in [2.75, 3.05) is 11.4 Å². The largest absolute Gasteiger partial charge is 0.307 e. The lowest BCUT2D eigenvalue weighted by Gasteiger charge is -2.18. The van der Waals surface area contributed by atoms with Crippen LogP contribution in [0.15, 0.2) is 6.58 Å². The molecular formula is C12H9F4NO. The number of halogens is 4. The van der Waals surface area contributed by atoms with Crippen LogP contribution < -0.4 is 4.90 Å². The first-order valence-corrected chi connectivity index (χ1v) is 5.27. The first kappa shape index (κ1) is 12.6. The van der Waals surface area contributed by atoms with Crippen molar-refractivity contribution in [1.29, 1.82) is 0 Å². The third-order valence-corrected chi connectivity index (χ3v) is 2.82. The highest BCUT2D eigenvalue weighted by Gasteiger charge is 2.32. The minimum absolute atomic E-state index is 0.0407. The summed E-state index contributed by atoms with van der Waals surface area (Å²) in [5, 5.41) is 0. The van der Waals surface area contributed by atoms with Crippen LogP contribution in [-0.4, -0.2) is 12.5 Å². The fourth-order valence-electron chi connectivity index (χ4n) is 1.94. The molecule has 0 aromatic heterocycles. The van der Waals surface area contributed by atoms with E-state index in [9.17, 15) is 22.4 Å². The third kappa shape index (κ3) is 1.68. The molecule has 0 unspecified atom stereocenters. The number of carbonyl (C=O) groups excluding carboxylic acids is 1. The SMILES string of the molecule is C=Cc1c(F)c(F)c(N2CCCC2=O)c(F)c1F. The normalized spacial score (nSPS) is 15.3. The Morgan fingerprint density at radius 1 is 1.06 bits per heavy atom. The Bertz CT molecular complexity index is 512. The number of hydrogen-bond donors (Lipinski definition) is 0. The molecule has 0 saturated carbocycles. The van der Waals surface area contributed by atoms with Gasteiger partial charge in [-0.1, -0.05) is 12.7 Å². The predicted molar refractivity (Wildman–Crippen MR) is 58.0 cm³/mol. The average Bonchev–Trinajstić information content (AvgIpc) is 2.75. The van der Waals surface area contributed by atoms with Crippen LogP contribution in [0, 0.1) is 23.3 Å². The summed E-state index contributed by atoms with van der Waals surface area (Å²) in [5.41, 5.74) is -1.83. The molecule has 18 heavy (non-hydrogen) atoms. The molecule has 1 aliphatic heterocycles. The molecule has 1 saturated heterocycles. The Labute approximate surface area is 101 Å². The number of carbonyl (C=O) groups is 1. The minimum atomic E-state index is -1.57. The van der Waals surface area contributed by atoms with Crippen LogP contribution in [0.1, 0.15) is 18.4 Å². The van der Waals surface area contributed by atoms with Crippen molar-refractivity contribution in [3.05, 3.63) is 35.4 Å². The zero-order valence-electron chi connectivity index (χ0n) is 9.27. The van der Waals surface area contributed by atoms with Gasteiger partial charge < -0.3 is 4.90 Å². The van der Waals surface area contributed by atoms with Gasteiger partial charge in [0.15, 0.2) is 23.3 Å². The maximum atomic E-state index is 13.7. The molecule has 0 spiro atoms. The highest BCUT2D eigenvalue weighted by Crippen LogP contribution is 2.33. The van der Waals surface area contributed by atoms with Gasteiger partial charge in [-0.15, -0.1) is 0 Å². The molecule has 1 heterocycles. The Hall–Kier alpha value is -1.85. The van der Waals surface area contributed by atoms with Crippen LogP contribution in [0.3, 0.4) is 0 Å². The number of benzene rings is 1. The zero-order valence-corrected chi connectivity index (χ0v) is 9.27. The standard InChI is InChI=1S/C12H9F4NO/c1-2-6-8(13)10(15)12(11(16)9(6)14)17-5-3-4-7(17)18/h2H,1,3-5H2. The van der Waals surface area contributed by atoms with E-state index in [4.69, 9.17) is 0 Å². The van der Waals surface area contributed by atoms with Crippen LogP contribution in [0.2, 0.25) is 0 Å². The molecule has 96 valence electrons. The van der Waals surface area contributed by atoms with Gasteiger partial charge in [-0.25, -0.2) is 17.6 Å². The molecule has 1 fully saturated rings. The summed E-state index contributed by atoms with van der Waals surface area (Å²) in [7, 11) is 0. The molecule has 1 aromatic rings. The lowest BCUT2D eigenvalue weighted by Crippen LogP contribution is -2.27. The van der Waals surface area contributed by atoms with Crippen molar-refractivity contribution in [1.82, 2.24) is 0 Å². The van der Waals surface area contributed by atoms with Crippen molar-refractivity contribution in [2.45, 2.75) is 12.8 Å². The Balaban J connectivity index is 2.68. The molecule has 0 radical (unpaired) electrons. The molecule has 6 heteroatoms. The summed E-state index contributed by atoms with van der Waals surface area (Å²) in [4.78, 5) is 12.1. The highest BCUT2D eigenvalue weighted by molar-refractivity contribution is 5.95. The number of nitrogens with zero attached hydrogens (tertiary/aromatic N) is 1. The van der Waals surface area contributed by atoms with Gasteiger partial charge in [0.2, 0.25) is 5.91 Å². The van der Waals surface area contributed by atoms with Gasteiger partial charge in [0.05, 0.1) is 5.56 Å². The van der Waals surface area contributed by atoms with E-state index >= 15 is 0 Å². The smallest absolute Gasteiger partial charge is 0.227 e. The molecule has 0 N–H and O–H groups in total. The van der Waals surface area contributed by atoms with E-state index in [1.54, 1.807) is 0 Å². The van der Waals surface area contributed by atoms with Gasteiger partial charge in [0, 0.05) is 13.0 Å².